The highest BCUT2D eigenvalue weighted by atomic mass is 16.2. The predicted molar refractivity (Wildman–Crippen MR) is 109 cm³/mol. The van der Waals surface area contributed by atoms with Crippen LogP contribution in [0.5, 0.6) is 0 Å². The van der Waals surface area contributed by atoms with Gasteiger partial charge in [-0.05, 0) is 25.0 Å². The number of nitrogens with zero attached hydrogens (tertiary/aromatic N) is 2. The quantitative estimate of drug-likeness (QED) is 0.828. The van der Waals surface area contributed by atoms with Crippen molar-refractivity contribution in [3.8, 4) is 0 Å². The molecular weight excluding hydrogens is 368 g/mol. The SMILES string of the molecule is CCC(=O)N1C[C@@H]2CN(C(=O)Cc3c(C)[nH][nH]c3=O)C[C@@H]2[C@@H]1c1ccccc1C. The van der Waals surface area contributed by atoms with Crippen LogP contribution in [0, 0.1) is 25.7 Å². The van der Waals surface area contributed by atoms with Crippen molar-refractivity contribution in [2.24, 2.45) is 11.8 Å². The molecule has 3 heterocycles. The molecule has 1 aromatic carbocycles. The van der Waals surface area contributed by atoms with Crippen LogP contribution in [0.2, 0.25) is 0 Å². The maximum Gasteiger partial charge on any atom is 0.267 e. The molecule has 7 nitrogen and oxygen atoms in total. The molecule has 29 heavy (non-hydrogen) atoms. The van der Waals surface area contributed by atoms with E-state index in [0.717, 1.165) is 0 Å². The fourth-order valence-electron chi connectivity index (χ4n) is 4.97. The molecule has 154 valence electrons. The highest BCUT2D eigenvalue weighted by molar-refractivity contribution is 5.80. The fourth-order valence-corrected chi connectivity index (χ4v) is 4.97. The number of H-pyrrole nitrogens is 2. The number of fused-ring (bicyclic) bond motifs is 1. The largest absolute Gasteiger partial charge is 0.342 e. The first kappa shape index (κ1) is 19.5. The molecule has 0 unspecified atom stereocenters. The Morgan fingerprint density at radius 2 is 1.83 bits per heavy atom. The van der Waals surface area contributed by atoms with Crippen molar-refractivity contribution in [3.63, 3.8) is 0 Å². The Morgan fingerprint density at radius 3 is 2.48 bits per heavy atom. The number of aromatic nitrogens is 2. The molecular formula is C22H28N4O3. The van der Waals surface area contributed by atoms with E-state index in [1.807, 2.05) is 28.9 Å². The van der Waals surface area contributed by atoms with Gasteiger partial charge in [-0.1, -0.05) is 31.2 Å². The summed E-state index contributed by atoms with van der Waals surface area (Å²) in [7, 11) is 0. The van der Waals surface area contributed by atoms with Crippen LogP contribution in [-0.2, 0) is 16.0 Å². The Hall–Kier alpha value is -2.83. The Labute approximate surface area is 170 Å². The van der Waals surface area contributed by atoms with Crippen molar-refractivity contribution in [2.75, 3.05) is 19.6 Å². The lowest BCUT2D eigenvalue weighted by Crippen LogP contribution is -2.38. The minimum Gasteiger partial charge on any atom is -0.342 e. The topological polar surface area (TPSA) is 89.3 Å². The first-order valence-electron chi connectivity index (χ1n) is 10.3. The number of nitrogens with one attached hydrogen (secondary N) is 2. The molecule has 0 radical (unpaired) electrons. The normalized spacial score (nSPS) is 23.5. The fraction of sp³-hybridized carbons (Fsp3) is 0.500. The number of aryl methyl sites for hydroxylation is 2. The van der Waals surface area contributed by atoms with Crippen molar-refractivity contribution in [2.45, 2.75) is 39.7 Å². The molecule has 2 aliphatic rings. The number of rotatable bonds is 4. The zero-order valence-corrected chi connectivity index (χ0v) is 17.2. The summed E-state index contributed by atoms with van der Waals surface area (Å²) in [5, 5.41) is 5.32. The number of aromatic amines is 2. The highest BCUT2D eigenvalue weighted by Crippen LogP contribution is 2.46. The summed E-state index contributed by atoms with van der Waals surface area (Å²) in [6.45, 7) is 7.72. The lowest BCUT2D eigenvalue weighted by atomic mass is 9.87. The van der Waals surface area contributed by atoms with E-state index in [4.69, 9.17) is 0 Å². The van der Waals surface area contributed by atoms with Crippen molar-refractivity contribution >= 4 is 11.8 Å². The van der Waals surface area contributed by atoms with E-state index in [2.05, 4.69) is 29.3 Å². The second-order valence-corrected chi connectivity index (χ2v) is 8.28. The van der Waals surface area contributed by atoms with Crippen molar-refractivity contribution in [1.29, 1.82) is 0 Å². The number of hydrogen-bond acceptors (Lipinski definition) is 3. The lowest BCUT2D eigenvalue weighted by Gasteiger charge is -2.31. The summed E-state index contributed by atoms with van der Waals surface area (Å²) in [4.78, 5) is 41.4. The number of amides is 2. The van der Waals surface area contributed by atoms with E-state index < -0.39 is 0 Å². The third-order valence-electron chi connectivity index (χ3n) is 6.57. The maximum absolute atomic E-state index is 12.9. The molecule has 7 heteroatoms. The summed E-state index contributed by atoms with van der Waals surface area (Å²) in [5.41, 5.74) is 3.33. The van der Waals surface area contributed by atoms with E-state index in [9.17, 15) is 14.4 Å². The van der Waals surface area contributed by atoms with Gasteiger partial charge in [-0.25, -0.2) is 0 Å². The van der Waals surface area contributed by atoms with Gasteiger partial charge >= 0.3 is 0 Å². The molecule has 2 aromatic rings. The van der Waals surface area contributed by atoms with Gasteiger partial charge in [0, 0.05) is 49.1 Å². The average Bonchev–Trinajstić information content (AvgIpc) is 3.36. The molecule has 0 spiro atoms. The van der Waals surface area contributed by atoms with Crippen LogP contribution < -0.4 is 5.56 Å². The molecule has 0 aliphatic carbocycles. The first-order chi connectivity index (χ1) is 13.9. The molecule has 2 fully saturated rings. The Kier molecular flexibility index (Phi) is 5.06. The molecule has 2 aliphatic heterocycles. The zero-order valence-electron chi connectivity index (χ0n) is 17.2. The van der Waals surface area contributed by atoms with Gasteiger partial charge in [0.2, 0.25) is 11.8 Å². The number of benzene rings is 1. The summed E-state index contributed by atoms with van der Waals surface area (Å²) in [6.07, 6.45) is 0.594. The zero-order chi connectivity index (χ0) is 20.7. The van der Waals surface area contributed by atoms with Crippen LogP contribution in [0.1, 0.15) is 41.8 Å². The van der Waals surface area contributed by atoms with Crippen LogP contribution in [0.25, 0.3) is 0 Å². The maximum atomic E-state index is 12.9. The van der Waals surface area contributed by atoms with E-state index >= 15 is 0 Å². The third-order valence-corrected chi connectivity index (χ3v) is 6.57. The van der Waals surface area contributed by atoms with Gasteiger partial charge in [-0.2, -0.15) is 0 Å². The van der Waals surface area contributed by atoms with Crippen molar-refractivity contribution < 1.29 is 9.59 Å². The van der Waals surface area contributed by atoms with Crippen LogP contribution >= 0.6 is 0 Å². The smallest absolute Gasteiger partial charge is 0.267 e. The minimum atomic E-state index is -0.229. The van der Waals surface area contributed by atoms with Crippen molar-refractivity contribution in [1.82, 2.24) is 20.0 Å². The predicted octanol–water partition coefficient (Wildman–Crippen LogP) is 1.93. The van der Waals surface area contributed by atoms with Gasteiger partial charge in [0.1, 0.15) is 0 Å². The minimum absolute atomic E-state index is 0.00356. The number of carbonyl (C=O) groups is 2. The molecule has 2 N–H and O–H groups in total. The van der Waals surface area contributed by atoms with Gasteiger partial charge in [0.25, 0.3) is 5.56 Å². The molecule has 2 saturated heterocycles. The van der Waals surface area contributed by atoms with E-state index in [0.29, 0.717) is 37.3 Å². The Bertz CT molecular complexity index is 992. The lowest BCUT2D eigenvalue weighted by molar-refractivity contribution is -0.133. The number of hydrogen-bond donors (Lipinski definition) is 2. The van der Waals surface area contributed by atoms with Gasteiger partial charge in [-0.15, -0.1) is 0 Å². The van der Waals surface area contributed by atoms with Crippen LogP contribution in [0.15, 0.2) is 29.1 Å². The second-order valence-electron chi connectivity index (χ2n) is 8.28. The standard InChI is InChI=1S/C22H28N4O3/c1-4-19(27)26-11-15-10-25(20(28)9-17-14(3)23-24-22(17)29)12-18(15)21(26)16-8-6-5-7-13(16)2/h5-8,15,18,21H,4,9-12H2,1-3H3,(H2,23,24,29)/t15-,18-,21-/m0/s1. The Morgan fingerprint density at radius 1 is 1.07 bits per heavy atom. The van der Waals surface area contributed by atoms with Crippen molar-refractivity contribution in [3.05, 3.63) is 57.0 Å². The van der Waals surface area contributed by atoms with E-state index in [-0.39, 0.29) is 41.7 Å². The van der Waals surface area contributed by atoms with Gasteiger partial charge in [0.15, 0.2) is 0 Å². The van der Waals surface area contributed by atoms with E-state index in [1.54, 1.807) is 6.92 Å². The van der Waals surface area contributed by atoms with Gasteiger partial charge < -0.3 is 14.9 Å². The summed E-state index contributed by atoms with van der Waals surface area (Å²) in [6, 6.07) is 8.22. The molecule has 0 saturated carbocycles. The van der Waals surface area contributed by atoms with Crippen LogP contribution in [0.4, 0.5) is 0 Å². The molecule has 1 aromatic heterocycles. The van der Waals surface area contributed by atoms with Gasteiger partial charge in [0.05, 0.1) is 12.5 Å². The van der Waals surface area contributed by atoms with Crippen LogP contribution in [0.3, 0.4) is 0 Å². The number of carbonyl (C=O) groups excluding carboxylic acids is 2. The highest BCUT2D eigenvalue weighted by Gasteiger charge is 2.50. The first-order valence-corrected chi connectivity index (χ1v) is 10.3. The molecule has 2 amide bonds. The second kappa shape index (κ2) is 7.54. The van der Waals surface area contributed by atoms with E-state index in [1.165, 1.54) is 11.1 Å². The molecule has 3 atom stereocenters. The van der Waals surface area contributed by atoms with Crippen LogP contribution in [-0.4, -0.2) is 51.4 Å². The summed E-state index contributed by atoms with van der Waals surface area (Å²) >= 11 is 0. The molecule has 4 rings (SSSR count). The average molecular weight is 396 g/mol. The summed E-state index contributed by atoms with van der Waals surface area (Å²) < 4.78 is 0. The number of likely N-dealkylation sites (tertiary alicyclic amines) is 2. The Balaban J connectivity index is 1.57. The monoisotopic (exact) mass is 396 g/mol. The molecule has 0 bridgehead atoms. The van der Waals surface area contributed by atoms with Gasteiger partial charge in [-0.3, -0.25) is 19.5 Å². The third kappa shape index (κ3) is 3.39. The summed E-state index contributed by atoms with van der Waals surface area (Å²) in [5.74, 6) is 0.635.